The van der Waals surface area contributed by atoms with Gasteiger partial charge in [0.1, 0.15) is 17.3 Å². The van der Waals surface area contributed by atoms with Gasteiger partial charge in [0.2, 0.25) is 0 Å². The fraction of sp³-hybridized carbons (Fsp3) is 0.179. The third-order valence-corrected chi connectivity index (χ3v) is 6.02. The van der Waals surface area contributed by atoms with Crippen LogP contribution in [0.15, 0.2) is 65.3 Å². The Balaban J connectivity index is 1.40. The van der Waals surface area contributed by atoms with Gasteiger partial charge in [-0.3, -0.25) is 4.79 Å². The predicted octanol–water partition coefficient (Wildman–Crippen LogP) is 5.13. The SMILES string of the molecule is COc1ccc(OC)c(NC(=O)COC(=O)c2c3c(nc4ccccc24)/C(=C/c2ccco2)CC3)c1. The molecule has 0 unspecified atom stereocenters. The van der Waals surface area contributed by atoms with Crippen molar-refractivity contribution in [3.8, 4) is 11.5 Å². The molecule has 0 bridgehead atoms. The molecule has 1 aliphatic carbocycles. The molecular weight excluding hydrogens is 460 g/mol. The maximum absolute atomic E-state index is 13.3. The molecule has 4 aromatic rings. The van der Waals surface area contributed by atoms with Crippen LogP contribution in [0.1, 0.15) is 33.8 Å². The molecule has 0 saturated heterocycles. The lowest BCUT2D eigenvalue weighted by Gasteiger charge is -2.14. The van der Waals surface area contributed by atoms with Gasteiger partial charge in [-0.15, -0.1) is 0 Å². The highest BCUT2D eigenvalue weighted by Crippen LogP contribution is 2.38. The summed E-state index contributed by atoms with van der Waals surface area (Å²) in [5, 5.41) is 3.40. The second-order valence-electron chi connectivity index (χ2n) is 8.21. The highest BCUT2D eigenvalue weighted by atomic mass is 16.5. The molecule has 1 aliphatic rings. The van der Waals surface area contributed by atoms with E-state index in [0.717, 1.165) is 29.0 Å². The number of para-hydroxylation sites is 1. The third-order valence-electron chi connectivity index (χ3n) is 6.02. The number of aromatic nitrogens is 1. The van der Waals surface area contributed by atoms with Gasteiger partial charge in [0.25, 0.3) is 5.91 Å². The molecule has 0 saturated carbocycles. The topological polar surface area (TPSA) is 99.9 Å². The Morgan fingerprint density at radius 3 is 2.69 bits per heavy atom. The first-order valence-electron chi connectivity index (χ1n) is 11.4. The Morgan fingerprint density at radius 1 is 1.06 bits per heavy atom. The minimum atomic E-state index is -0.572. The molecule has 1 amide bonds. The number of carbonyl (C=O) groups is 2. The molecule has 2 heterocycles. The number of allylic oxidation sites excluding steroid dienone is 1. The van der Waals surface area contributed by atoms with Crippen LogP contribution in [-0.2, 0) is 16.0 Å². The number of fused-ring (bicyclic) bond motifs is 2. The van der Waals surface area contributed by atoms with Crippen molar-refractivity contribution in [3.63, 3.8) is 0 Å². The second-order valence-corrected chi connectivity index (χ2v) is 8.21. The Hall–Kier alpha value is -4.59. The number of anilines is 1. The third kappa shape index (κ3) is 4.53. The van der Waals surface area contributed by atoms with E-state index in [2.05, 4.69) is 5.32 Å². The Morgan fingerprint density at radius 2 is 1.92 bits per heavy atom. The van der Waals surface area contributed by atoms with E-state index in [1.807, 2.05) is 42.5 Å². The first-order chi connectivity index (χ1) is 17.6. The number of carbonyl (C=O) groups excluding carboxylic acids is 2. The van der Waals surface area contributed by atoms with E-state index in [0.29, 0.717) is 40.1 Å². The van der Waals surface area contributed by atoms with Gasteiger partial charge in [0, 0.05) is 11.5 Å². The van der Waals surface area contributed by atoms with E-state index in [1.165, 1.54) is 14.2 Å². The lowest BCUT2D eigenvalue weighted by molar-refractivity contribution is -0.119. The van der Waals surface area contributed by atoms with Crippen molar-refractivity contribution in [1.29, 1.82) is 0 Å². The van der Waals surface area contributed by atoms with Crippen LogP contribution in [0.4, 0.5) is 5.69 Å². The number of methoxy groups -OCH3 is 2. The molecule has 36 heavy (non-hydrogen) atoms. The molecule has 2 aromatic heterocycles. The van der Waals surface area contributed by atoms with Gasteiger partial charge in [0.15, 0.2) is 6.61 Å². The van der Waals surface area contributed by atoms with Gasteiger partial charge < -0.3 is 23.9 Å². The van der Waals surface area contributed by atoms with Gasteiger partial charge >= 0.3 is 5.97 Å². The molecule has 8 heteroatoms. The zero-order chi connectivity index (χ0) is 25.1. The maximum atomic E-state index is 13.3. The average Bonchev–Trinajstić information content (AvgIpc) is 3.56. The molecule has 0 aliphatic heterocycles. The first-order valence-corrected chi connectivity index (χ1v) is 11.4. The van der Waals surface area contributed by atoms with Crippen LogP contribution in [0.25, 0.3) is 22.6 Å². The van der Waals surface area contributed by atoms with E-state index in [1.54, 1.807) is 24.5 Å². The summed E-state index contributed by atoms with van der Waals surface area (Å²) >= 11 is 0. The molecule has 182 valence electrons. The van der Waals surface area contributed by atoms with Crippen molar-refractivity contribution in [2.45, 2.75) is 12.8 Å². The number of hydrogen-bond donors (Lipinski definition) is 1. The number of benzene rings is 2. The number of amides is 1. The molecular formula is C28H24N2O6. The molecule has 0 radical (unpaired) electrons. The van der Waals surface area contributed by atoms with Gasteiger partial charge in [-0.25, -0.2) is 9.78 Å². The summed E-state index contributed by atoms with van der Waals surface area (Å²) in [4.78, 5) is 30.8. The Bertz CT molecular complexity index is 1470. The summed E-state index contributed by atoms with van der Waals surface area (Å²) in [7, 11) is 3.03. The van der Waals surface area contributed by atoms with Crippen molar-refractivity contribution >= 4 is 40.1 Å². The summed E-state index contributed by atoms with van der Waals surface area (Å²) in [6, 6.07) is 16.2. The minimum Gasteiger partial charge on any atom is -0.497 e. The van der Waals surface area contributed by atoms with E-state index in [4.69, 9.17) is 23.6 Å². The zero-order valence-electron chi connectivity index (χ0n) is 19.9. The molecule has 0 atom stereocenters. The number of pyridine rings is 1. The van der Waals surface area contributed by atoms with Crippen LogP contribution in [0.3, 0.4) is 0 Å². The molecule has 0 fully saturated rings. The number of furan rings is 1. The zero-order valence-corrected chi connectivity index (χ0v) is 19.9. The lowest BCUT2D eigenvalue weighted by atomic mass is 10.0. The monoisotopic (exact) mass is 484 g/mol. The molecule has 8 nitrogen and oxygen atoms in total. The van der Waals surface area contributed by atoms with Crippen LogP contribution < -0.4 is 14.8 Å². The molecule has 1 N–H and O–H groups in total. The lowest BCUT2D eigenvalue weighted by Crippen LogP contribution is -2.22. The molecule has 5 rings (SSSR count). The quantitative estimate of drug-likeness (QED) is 0.363. The minimum absolute atomic E-state index is 0.417. The van der Waals surface area contributed by atoms with Crippen LogP contribution in [0, 0.1) is 0 Å². The summed E-state index contributed by atoms with van der Waals surface area (Å²) in [6.45, 7) is -0.459. The largest absolute Gasteiger partial charge is 0.497 e. The first kappa shape index (κ1) is 23.2. The standard InChI is InChI=1S/C28H24N2O6/c1-33-18-10-12-24(34-2)23(15-18)29-25(31)16-36-28(32)26-20-7-3-4-8-22(20)30-27-17(9-11-21(26)27)14-19-6-5-13-35-19/h3-8,10,12-15H,9,11,16H2,1-2H3,(H,29,31)/b17-14+. The van der Waals surface area contributed by atoms with Gasteiger partial charge in [-0.2, -0.15) is 0 Å². The van der Waals surface area contributed by atoms with Gasteiger partial charge in [-0.1, -0.05) is 18.2 Å². The van der Waals surface area contributed by atoms with Crippen molar-refractivity contribution < 1.29 is 28.2 Å². The second kappa shape index (κ2) is 9.95. The summed E-state index contributed by atoms with van der Waals surface area (Å²) in [5.41, 5.74) is 4.09. The smallest absolute Gasteiger partial charge is 0.339 e. The van der Waals surface area contributed by atoms with Gasteiger partial charge in [-0.05, 0) is 60.4 Å². The van der Waals surface area contributed by atoms with Crippen molar-refractivity contribution in [1.82, 2.24) is 4.98 Å². The van der Waals surface area contributed by atoms with E-state index >= 15 is 0 Å². The molecule has 0 spiro atoms. The van der Waals surface area contributed by atoms with E-state index in [-0.39, 0.29) is 0 Å². The van der Waals surface area contributed by atoms with Crippen molar-refractivity contribution in [2.75, 3.05) is 26.1 Å². The van der Waals surface area contributed by atoms with E-state index < -0.39 is 18.5 Å². The summed E-state index contributed by atoms with van der Waals surface area (Å²) in [5.74, 6) is 0.673. The number of rotatable bonds is 7. The number of esters is 1. The Labute approximate surface area is 207 Å². The normalized spacial score (nSPS) is 13.4. The summed E-state index contributed by atoms with van der Waals surface area (Å²) in [6.07, 6.45) is 4.91. The highest BCUT2D eigenvalue weighted by Gasteiger charge is 2.28. The number of nitrogens with zero attached hydrogens (tertiary/aromatic N) is 1. The fourth-order valence-electron chi connectivity index (χ4n) is 4.36. The average molecular weight is 485 g/mol. The van der Waals surface area contributed by atoms with Crippen LogP contribution in [0.2, 0.25) is 0 Å². The van der Waals surface area contributed by atoms with E-state index in [9.17, 15) is 9.59 Å². The van der Waals surface area contributed by atoms with Crippen LogP contribution in [0.5, 0.6) is 11.5 Å². The fourth-order valence-corrected chi connectivity index (χ4v) is 4.36. The summed E-state index contributed by atoms with van der Waals surface area (Å²) < 4.78 is 21.4. The number of hydrogen-bond acceptors (Lipinski definition) is 7. The maximum Gasteiger partial charge on any atom is 0.339 e. The van der Waals surface area contributed by atoms with Crippen LogP contribution >= 0.6 is 0 Å². The highest BCUT2D eigenvalue weighted by molar-refractivity contribution is 6.08. The number of nitrogens with one attached hydrogen (secondary N) is 1. The number of ether oxygens (including phenoxy) is 3. The van der Waals surface area contributed by atoms with Crippen molar-refractivity contribution in [2.24, 2.45) is 0 Å². The van der Waals surface area contributed by atoms with Crippen LogP contribution in [-0.4, -0.2) is 37.7 Å². The molecule has 2 aromatic carbocycles. The Kier molecular flexibility index (Phi) is 6.40. The predicted molar refractivity (Wildman–Crippen MR) is 135 cm³/mol. The van der Waals surface area contributed by atoms with Gasteiger partial charge in [0.05, 0.1) is 42.9 Å². The van der Waals surface area contributed by atoms with Crippen molar-refractivity contribution in [3.05, 3.63) is 83.4 Å².